The van der Waals surface area contributed by atoms with Crippen LogP contribution in [0.15, 0.2) is 83.9 Å². The lowest BCUT2D eigenvalue weighted by Crippen LogP contribution is -2.16. The van der Waals surface area contributed by atoms with Crippen molar-refractivity contribution in [3.05, 3.63) is 90.0 Å². The molecule has 7 heteroatoms. The van der Waals surface area contributed by atoms with E-state index in [0.717, 1.165) is 0 Å². The molecule has 7 nitrogen and oxygen atoms in total. The van der Waals surface area contributed by atoms with E-state index in [1.807, 2.05) is 12.1 Å². The van der Waals surface area contributed by atoms with Crippen molar-refractivity contribution in [2.24, 2.45) is 4.99 Å². The first-order valence-corrected chi connectivity index (χ1v) is 9.65. The number of aromatic hydroxyl groups is 1. The average Bonchev–Trinajstić information content (AvgIpc) is 3.26. The highest BCUT2D eigenvalue weighted by atomic mass is 16.6. The molecule has 3 aromatic carbocycles. The number of hydrogen-bond donors (Lipinski definition) is 2. The zero-order chi connectivity index (χ0) is 21.4. The molecule has 31 heavy (non-hydrogen) atoms. The third-order valence-electron chi connectivity index (χ3n) is 5.12. The van der Waals surface area contributed by atoms with Gasteiger partial charge in [-0.05, 0) is 30.3 Å². The third kappa shape index (κ3) is 3.22. The number of amides is 1. The Morgan fingerprint density at radius 3 is 2.48 bits per heavy atom. The van der Waals surface area contributed by atoms with Crippen molar-refractivity contribution in [2.75, 3.05) is 5.32 Å². The third-order valence-corrected chi connectivity index (χ3v) is 5.12. The minimum absolute atomic E-state index is 0.169. The van der Waals surface area contributed by atoms with Gasteiger partial charge in [-0.25, -0.2) is 9.79 Å². The van der Waals surface area contributed by atoms with Gasteiger partial charge in [0.25, 0.3) is 0 Å². The summed E-state index contributed by atoms with van der Waals surface area (Å²) in [4.78, 5) is 29.6. The number of nitrogens with one attached hydrogen (secondary N) is 1. The molecule has 0 spiro atoms. The van der Waals surface area contributed by atoms with Crippen LogP contribution in [0, 0.1) is 0 Å². The topological polar surface area (TPSA) is 92.9 Å². The van der Waals surface area contributed by atoms with E-state index < -0.39 is 6.09 Å². The van der Waals surface area contributed by atoms with Crippen LogP contribution in [0.5, 0.6) is 5.88 Å². The highest BCUT2D eigenvalue weighted by molar-refractivity contribution is 6.56. The van der Waals surface area contributed by atoms with Crippen molar-refractivity contribution in [3.8, 4) is 5.88 Å². The molecule has 5 rings (SSSR count). The van der Waals surface area contributed by atoms with E-state index in [2.05, 4.69) is 10.3 Å². The molecule has 1 amide bonds. The summed E-state index contributed by atoms with van der Waals surface area (Å²) in [6.45, 7) is -0.237. The van der Waals surface area contributed by atoms with Crippen molar-refractivity contribution >= 4 is 39.9 Å². The maximum Gasteiger partial charge on any atom is 0.413 e. The molecule has 0 saturated carbocycles. The zero-order valence-electron chi connectivity index (χ0n) is 16.3. The highest BCUT2D eigenvalue weighted by Gasteiger charge is 2.31. The van der Waals surface area contributed by atoms with Gasteiger partial charge in [0.2, 0.25) is 11.7 Å². The molecule has 152 valence electrons. The van der Waals surface area contributed by atoms with E-state index in [1.54, 1.807) is 66.7 Å². The number of rotatable bonds is 4. The molecule has 4 aromatic rings. The van der Waals surface area contributed by atoms with Crippen LogP contribution in [0.25, 0.3) is 10.9 Å². The smallest absolute Gasteiger partial charge is 0.413 e. The summed E-state index contributed by atoms with van der Waals surface area (Å²) in [6, 6.07) is 23.2. The zero-order valence-corrected chi connectivity index (χ0v) is 16.3. The van der Waals surface area contributed by atoms with Gasteiger partial charge >= 0.3 is 6.09 Å². The van der Waals surface area contributed by atoms with Gasteiger partial charge in [0.05, 0.1) is 16.8 Å². The molecule has 0 radical (unpaired) electrons. The number of Topliss-reactive ketones (excluding diaryl/α,β-unsaturated/α-hetero) is 1. The van der Waals surface area contributed by atoms with Crippen molar-refractivity contribution in [2.45, 2.75) is 6.73 Å². The van der Waals surface area contributed by atoms with Gasteiger partial charge in [-0.15, -0.1) is 0 Å². The molecule has 0 aliphatic carbocycles. The van der Waals surface area contributed by atoms with E-state index in [0.29, 0.717) is 33.4 Å². The Labute approximate surface area is 177 Å². The van der Waals surface area contributed by atoms with E-state index in [9.17, 15) is 14.7 Å². The maximum atomic E-state index is 12.9. The number of para-hydroxylation sites is 3. The van der Waals surface area contributed by atoms with Crippen molar-refractivity contribution < 1.29 is 19.4 Å². The lowest BCUT2D eigenvalue weighted by Gasteiger charge is -2.10. The summed E-state index contributed by atoms with van der Waals surface area (Å²) in [7, 11) is 0. The van der Waals surface area contributed by atoms with Gasteiger partial charge in [0, 0.05) is 16.6 Å². The van der Waals surface area contributed by atoms with Gasteiger partial charge < -0.3 is 9.84 Å². The van der Waals surface area contributed by atoms with Gasteiger partial charge in [-0.2, -0.15) is 0 Å². The van der Waals surface area contributed by atoms with E-state index in [1.165, 1.54) is 4.57 Å². The summed E-state index contributed by atoms with van der Waals surface area (Å²) >= 11 is 0. The summed E-state index contributed by atoms with van der Waals surface area (Å²) in [5, 5.41) is 14.3. The predicted octanol–water partition coefficient (Wildman–Crippen LogP) is 4.87. The minimum Gasteiger partial charge on any atom is -0.494 e. The first-order valence-electron chi connectivity index (χ1n) is 9.65. The molecular formula is C24H17N3O4. The second-order valence-corrected chi connectivity index (χ2v) is 7.00. The van der Waals surface area contributed by atoms with Crippen LogP contribution in [0.3, 0.4) is 0 Å². The van der Waals surface area contributed by atoms with Gasteiger partial charge in [-0.1, -0.05) is 48.5 Å². The molecule has 1 aromatic heterocycles. The number of carbonyl (C=O) groups is 2. The molecule has 2 heterocycles. The summed E-state index contributed by atoms with van der Waals surface area (Å²) in [5.74, 6) is -0.440. The monoisotopic (exact) mass is 411 g/mol. The lowest BCUT2D eigenvalue weighted by molar-refractivity contribution is 0.106. The number of ether oxygens (including phenoxy) is 1. The Bertz CT molecular complexity index is 1360. The Hall–Kier alpha value is -4.39. The van der Waals surface area contributed by atoms with E-state index in [4.69, 9.17) is 4.74 Å². The normalized spacial score (nSPS) is 12.5. The Morgan fingerprint density at radius 2 is 1.68 bits per heavy atom. The van der Waals surface area contributed by atoms with Crippen molar-refractivity contribution in [1.82, 2.24) is 4.57 Å². The maximum absolute atomic E-state index is 12.9. The Balaban J connectivity index is 1.48. The molecule has 0 fully saturated rings. The van der Waals surface area contributed by atoms with Crippen LogP contribution >= 0.6 is 0 Å². The molecule has 1 aliphatic heterocycles. The fourth-order valence-electron chi connectivity index (χ4n) is 3.68. The number of carbonyl (C=O) groups excluding carboxylic acids is 2. The number of aliphatic imine (C=N–C) groups is 1. The van der Waals surface area contributed by atoms with Gasteiger partial charge in [-0.3, -0.25) is 14.7 Å². The number of nitrogens with zero attached hydrogens (tertiary/aromatic N) is 2. The fraction of sp³-hybridized carbons (Fsp3) is 0.0417. The standard InChI is InChI=1S/C24H17N3O4/c28-22-16-10-4-6-12-18(16)26-21(22)20-17-11-5-7-13-19(17)27(23(20)29)14-31-24(30)25-15-8-2-1-3-9-15/h1-13,29H,14H2,(H,25,30). The van der Waals surface area contributed by atoms with Crippen LogP contribution in [0.4, 0.5) is 16.2 Å². The number of benzene rings is 3. The second kappa shape index (κ2) is 7.46. The highest BCUT2D eigenvalue weighted by Crippen LogP contribution is 2.37. The van der Waals surface area contributed by atoms with Crippen molar-refractivity contribution in [3.63, 3.8) is 0 Å². The number of fused-ring (bicyclic) bond motifs is 2. The first-order chi connectivity index (χ1) is 15.1. The number of ketones is 1. The predicted molar refractivity (Wildman–Crippen MR) is 117 cm³/mol. The molecule has 0 bridgehead atoms. The number of anilines is 1. The SMILES string of the molecule is O=C(Nc1ccccc1)OCn1c(O)c(C2=Nc3ccccc3C2=O)c2ccccc21. The van der Waals surface area contributed by atoms with Crippen molar-refractivity contribution in [1.29, 1.82) is 0 Å². The fourth-order valence-corrected chi connectivity index (χ4v) is 3.68. The molecule has 2 N–H and O–H groups in total. The molecule has 0 saturated heterocycles. The van der Waals surface area contributed by atoms with E-state index >= 15 is 0 Å². The number of aromatic nitrogens is 1. The largest absolute Gasteiger partial charge is 0.494 e. The minimum atomic E-state index is -0.661. The number of hydrogen-bond acceptors (Lipinski definition) is 5. The van der Waals surface area contributed by atoms with Crippen LogP contribution < -0.4 is 5.32 Å². The summed E-state index contributed by atoms with van der Waals surface area (Å²) < 4.78 is 6.75. The van der Waals surface area contributed by atoms with E-state index in [-0.39, 0.29) is 24.1 Å². The Morgan fingerprint density at radius 1 is 0.968 bits per heavy atom. The first kappa shape index (κ1) is 18.6. The van der Waals surface area contributed by atoms with Gasteiger partial charge in [0.15, 0.2) is 6.73 Å². The molecule has 0 unspecified atom stereocenters. The van der Waals surface area contributed by atoms with Crippen LogP contribution in [0.2, 0.25) is 0 Å². The van der Waals surface area contributed by atoms with Gasteiger partial charge in [0.1, 0.15) is 5.71 Å². The Kier molecular flexibility index (Phi) is 4.48. The molecule has 0 atom stereocenters. The molecule has 1 aliphatic rings. The summed E-state index contributed by atoms with van der Waals surface area (Å²) in [5.41, 5.74) is 2.77. The quantitative estimate of drug-likeness (QED) is 0.501. The lowest BCUT2D eigenvalue weighted by atomic mass is 10.0. The summed E-state index contributed by atoms with van der Waals surface area (Å²) in [6.07, 6.45) is -0.661. The van der Waals surface area contributed by atoms with Crippen LogP contribution in [-0.4, -0.2) is 27.3 Å². The van der Waals surface area contributed by atoms with Crippen LogP contribution in [0.1, 0.15) is 15.9 Å². The molecular weight excluding hydrogens is 394 g/mol. The van der Waals surface area contributed by atoms with Crippen LogP contribution in [-0.2, 0) is 11.5 Å². The average molecular weight is 411 g/mol. The second-order valence-electron chi connectivity index (χ2n) is 7.00.